The number of amides is 3. The van der Waals surface area contributed by atoms with Crippen LogP contribution in [-0.2, 0) is 19.1 Å². The number of hydrogen-bond acceptors (Lipinski definition) is 7. The first kappa shape index (κ1) is 32.2. The number of benzene rings is 2. The van der Waals surface area contributed by atoms with Gasteiger partial charge >= 0.3 is 0 Å². The Bertz CT molecular complexity index is 1430. The molecule has 5 atom stereocenters. The van der Waals surface area contributed by atoms with Crippen molar-refractivity contribution in [3.63, 3.8) is 0 Å². The molecule has 10 heteroatoms. The zero-order valence-electron chi connectivity index (χ0n) is 26.3. The normalized spacial score (nSPS) is 26.4. The number of aliphatic hydroxyl groups excluding tert-OH is 1. The van der Waals surface area contributed by atoms with E-state index in [-0.39, 0.29) is 50.4 Å². The number of fused-ring (bicyclic) bond motifs is 1. The van der Waals surface area contributed by atoms with Crippen molar-refractivity contribution in [2.24, 2.45) is 11.8 Å². The van der Waals surface area contributed by atoms with Gasteiger partial charge in [0.15, 0.2) is 0 Å². The molecule has 3 aliphatic heterocycles. The van der Waals surface area contributed by atoms with Crippen molar-refractivity contribution in [2.45, 2.75) is 50.4 Å². The lowest BCUT2D eigenvalue weighted by Gasteiger charge is -2.37. The van der Waals surface area contributed by atoms with Crippen LogP contribution in [0.3, 0.4) is 0 Å². The highest BCUT2D eigenvalue weighted by Crippen LogP contribution is 2.63. The predicted molar refractivity (Wildman–Crippen MR) is 171 cm³/mol. The van der Waals surface area contributed by atoms with Crippen molar-refractivity contribution < 1.29 is 33.7 Å². The van der Waals surface area contributed by atoms with Gasteiger partial charge in [0.1, 0.15) is 23.1 Å². The third-order valence-electron chi connectivity index (χ3n) is 9.33. The lowest BCUT2D eigenvalue weighted by atomic mass is 9.66. The van der Waals surface area contributed by atoms with Crippen molar-refractivity contribution in [3.05, 3.63) is 73.8 Å². The Morgan fingerprint density at radius 1 is 1.00 bits per heavy atom. The van der Waals surface area contributed by atoms with Gasteiger partial charge in [-0.15, -0.1) is 13.2 Å². The number of rotatable bonds is 14. The quantitative estimate of drug-likeness (QED) is 0.320. The van der Waals surface area contributed by atoms with E-state index in [1.54, 1.807) is 53.3 Å². The Hall–Kier alpha value is -4.15. The lowest BCUT2D eigenvalue weighted by Crippen LogP contribution is -2.56. The van der Waals surface area contributed by atoms with Crippen LogP contribution in [0.15, 0.2) is 73.8 Å². The molecule has 2 aromatic carbocycles. The minimum Gasteiger partial charge on any atom is -0.497 e. The number of ether oxygens (including phenoxy) is 3. The van der Waals surface area contributed by atoms with Gasteiger partial charge < -0.3 is 34.0 Å². The third-order valence-corrected chi connectivity index (χ3v) is 9.33. The molecule has 0 aromatic heterocycles. The van der Waals surface area contributed by atoms with Gasteiger partial charge in [0.2, 0.25) is 11.8 Å². The van der Waals surface area contributed by atoms with Gasteiger partial charge in [-0.3, -0.25) is 14.4 Å². The number of nitrogens with zero attached hydrogens (tertiary/aromatic N) is 3. The number of aliphatic hydroxyl groups is 1. The fourth-order valence-corrected chi connectivity index (χ4v) is 7.43. The second kappa shape index (κ2) is 13.1. The molecule has 3 saturated heterocycles. The van der Waals surface area contributed by atoms with Gasteiger partial charge in [0.25, 0.3) is 5.91 Å². The van der Waals surface area contributed by atoms with Crippen molar-refractivity contribution in [1.82, 2.24) is 4.90 Å². The summed E-state index contributed by atoms with van der Waals surface area (Å²) in [6, 6.07) is 13.4. The summed E-state index contributed by atoms with van der Waals surface area (Å²) in [7, 11) is 1.57. The fourth-order valence-electron chi connectivity index (χ4n) is 7.43. The van der Waals surface area contributed by atoms with Crippen LogP contribution in [0.1, 0.15) is 33.1 Å². The first-order chi connectivity index (χ1) is 21.7. The Morgan fingerprint density at radius 2 is 1.58 bits per heavy atom. The van der Waals surface area contributed by atoms with Gasteiger partial charge in [-0.25, -0.2) is 0 Å². The van der Waals surface area contributed by atoms with E-state index in [2.05, 4.69) is 13.2 Å². The average Bonchev–Trinajstić information content (AvgIpc) is 3.62. The van der Waals surface area contributed by atoms with Crippen LogP contribution in [0, 0.1) is 11.8 Å². The molecule has 240 valence electrons. The first-order valence-electron chi connectivity index (χ1n) is 15.5. The molecule has 2 aromatic rings. The number of likely N-dealkylation sites (tertiary alicyclic amines) is 1. The average molecular weight is 618 g/mol. The van der Waals surface area contributed by atoms with E-state index >= 15 is 0 Å². The molecule has 1 N–H and O–H groups in total. The van der Waals surface area contributed by atoms with Crippen LogP contribution < -0.4 is 19.3 Å². The molecular formula is C35H43N3O7. The van der Waals surface area contributed by atoms with Crippen LogP contribution in [0.5, 0.6) is 11.5 Å². The molecule has 1 spiro atoms. The highest BCUT2D eigenvalue weighted by molar-refractivity contribution is 6.06. The minimum absolute atomic E-state index is 0.150. The Balaban J connectivity index is 1.55. The van der Waals surface area contributed by atoms with Crippen LogP contribution >= 0.6 is 0 Å². The predicted octanol–water partition coefficient (Wildman–Crippen LogP) is 3.98. The molecule has 45 heavy (non-hydrogen) atoms. The molecule has 0 radical (unpaired) electrons. The van der Waals surface area contributed by atoms with E-state index in [0.717, 1.165) is 0 Å². The third kappa shape index (κ3) is 5.50. The van der Waals surface area contributed by atoms with Gasteiger partial charge in [-0.2, -0.15) is 0 Å². The van der Waals surface area contributed by atoms with Crippen molar-refractivity contribution >= 4 is 29.1 Å². The number of hydrogen-bond donors (Lipinski definition) is 1. The minimum atomic E-state index is -1.21. The summed E-state index contributed by atoms with van der Waals surface area (Å²) in [6.45, 7) is 12.5. The monoisotopic (exact) mass is 617 g/mol. The summed E-state index contributed by atoms with van der Waals surface area (Å²) < 4.78 is 17.7. The Labute approximate surface area is 264 Å². The summed E-state index contributed by atoms with van der Waals surface area (Å²) >= 11 is 0. The van der Waals surface area contributed by atoms with E-state index in [0.29, 0.717) is 42.3 Å². The summed E-state index contributed by atoms with van der Waals surface area (Å²) in [6.07, 6.45) is 4.54. The maximum absolute atomic E-state index is 14.6. The second-order valence-corrected chi connectivity index (χ2v) is 11.9. The molecule has 3 heterocycles. The van der Waals surface area contributed by atoms with E-state index in [9.17, 15) is 19.5 Å². The largest absolute Gasteiger partial charge is 0.497 e. The molecule has 2 bridgehead atoms. The summed E-state index contributed by atoms with van der Waals surface area (Å²) in [5, 5.41) is 9.71. The maximum atomic E-state index is 14.6. The lowest BCUT2D eigenvalue weighted by molar-refractivity contribution is -0.144. The molecule has 10 nitrogen and oxygen atoms in total. The smallest absolute Gasteiger partial charge is 0.253 e. The van der Waals surface area contributed by atoms with Gasteiger partial charge in [0.05, 0.1) is 31.2 Å². The topological polar surface area (TPSA) is 109 Å². The zero-order valence-corrected chi connectivity index (χ0v) is 26.3. The summed E-state index contributed by atoms with van der Waals surface area (Å²) in [5.41, 5.74) is -0.888. The fraction of sp³-hybridized carbons (Fsp3) is 0.457. The molecule has 3 amide bonds. The molecule has 2 unspecified atom stereocenters. The number of methoxy groups -OCH3 is 1. The highest BCUT2D eigenvalue weighted by Gasteiger charge is 2.78. The van der Waals surface area contributed by atoms with Crippen molar-refractivity contribution in [1.29, 1.82) is 0 Å². The van der Waals surface area contributed by atoms with E-state index in [1.807, 2.05) is 38.1 Å². The van der Waals surface area contributed by atoms with E-state index < -0.39 is 29.1 Å². The highest BCUT2D eigenvalue weighted by atomic mass is 16.5. The van der Waals surface area contributed by atoms with Crippen molar-refractivity contribution in [2.75, 3.05) is 49.8 Å². The molecule has 3 aliphatic rings. The summed E-state index contributed by atoms with van der Waals surface area (Å²) in [4.78, 5) is 48.4. The van der Waals surface area contributed by atoms with Crippen LogP contribution in [0.25, 0.3) is 0 Å². The van der Waals surface area contributed by atoms with E-state index in [1.165, 1.54) is 4.90 Å². The van der Waals surface area contributed by atoms with Gasteiger partial charge in [-0.1, -0.05) is 12.2 Å². The molecule has 0 saturated carbocycles. The van der Waals surface area contributed by atoms with Crippen LogP contribution in [0.4, 0.5) is 11.4 Å². The molecule has 0 aliphatic carbocycles. The Kier molecular flexibility index (Phi) is 9.36. The van der Waals surface area contributed by atoms with Crippen LogP contribution in [-0.4, -0.2) is 84.9 Å². The zero-order chi connectivity index (χ0) is 32.4. The van der Waals surface area contributed by atoms with Crippen LogP contribution in [0.2, 0.25) is 0 Å². The van der Waals surface area contributed by atoms with Gasteiger partial charge in [0, 0.05) is 37.6 Å². The number of carbonyl (C=O) groups is 3. The number of carbonyl (C=O) groups excluding carboxylic acids is 3. The standard InChI is InChI=1S/C35H43N3O7/c1-6-20-36(24-12-16-27(17-13-24)44-8-3)31(40)28-29-32(41)38(22-9-23-39)30(35(29)19-18-34(28,4)45-35)33(42)37(21-7-2)25-10-14-26(43-5)15-11-25/h6-7,10-17,28-30,39H,1-2,8-9,18-23H2,3-5H3/t28-,29+,30?,34+,35?/m1/s1. The first-order valence-corrected chi connectivity index (χ1v) is 15.5. The number of anilines is 2. The molecular weight excluding hydrogens is 574 g/mol. The molecule has 5 rings (SSSR count). The van der Waals surface area contributed by atoms with Gasteiger partial charge in [-0.05, 0) is 81.6 Å². The SMILES string of the molecule is C=CCN(C(=O)C1N(CCCO)C(=O)[C@@H]2[C@H](C(=O)N(CC=C)c3ccc(OCC)cc3)[C@]3(C)CCC12O3)c1ccc(OC)cc1. The van der Waals surface area contributed by atoms with Crippen molar-refractivity contribution in [3.8, 4) is 11.5 Å². The Morgan fingerprint density at radius 3 is 2.11 bits per heavy atom. The van der Waals surface area contributed by atoms with E-state index in [4.69, 9.17) is 14.2 Å². The molecule has 3 fully saturated rings. The maximum Gasteiger partial charge on any atom is 0.253 e. The summed E-state index contributed by atoms with van der Waals surface area (Å²) in [5.74, 6) is -1.24. The second-order valence-electron chi connectivity index (χ2n) is 11.9.